The van der Waals surface area contributed by atoms with Gasteiger partial charge in [0.1, 0.15) is 0 Å². The maximum atomic E-state index is 3.44. The minimum atomic E-state index is 0.652. The van der Waals surface area contributed by atoms with Crippen molar-refractivity contribution in [2.24, 2.45) is 0 Å². The summed E-state index contributed by atoms with van der Waals surface area (Å²) >= 11 is 3.44. The number of benzene rings is 1. The fourth-order valence-electron chi connectivity index (χ4n) is 1.28. The number of aryl methyl sites for hydroxylation is 1. The Morgan fingerprint density at radius 2 is 1.79 bits per heavy atom. The van der Waals surface area contributed by atoms with Gasteiger partial charge >= 0.3 is 0 Å². The van der Waals surface area contributed by atoms with E-state index >= 15 is 0 Å². The van der Waals surface area contributed by atoms with Crippen molar-refractivity contribution in [1.29, 1.82) is 0 Å². The lowest BCUT2D eigenvalue weighted by Crippen LogP contribution is -2.24. The van der Waals surface area contributed by atoms with E-state index in [1.54, 1.807) is 0 Å². The Hall–Kier alpha value is -0.340. The van der Waals surface area contributed by atoms with E-state index in [0.29, 0.717) is 6.04 Å². The average molecular weight is 256 g/mol. The van der Waals surface area contributed by atoms with E-state index < -0.39 is 0 Å². The first-order valence-electron chi connectivity index (χ1n) is 5.00. The quantitative estimate of drug-likeness (QED) is 0.798. The van der Waals surface area contributed by atoms with Crippen molar-refractivity contribution in [2.75, 3.05) is 14.1 Å². The summed E-state index contributed by atoms with van der Waals surface area (Å²) in [5.41, 5.74) is 1.42. The molecule has 0 saturated carbocycles. The molecule has 1 nitrogen and oxygen atoms in total. The highest BCUT2D eigenvalue weighted by Gasteiger charge is 2.04. The Morgan fingerprint density at radius 3 is 2.29 bits per heavy atom. The van der Waals surface area contributed by atoms with Crippen LogP contribution in [0.3, 0.4) is 0 Å². The van der Waals surface area contributed by atoms with Crippen molar-refractivity contribution in [2.45, 2.75) is 25.8 Å². The summed E-state index contributed by atoms with van der Waals surface area (Å²) in [5.74, 6) is 0. The van der Waals surface area contributed by atoms with Crippen LogP contribution in [0.25, 0.3) is 0 Å². The van der Waals surface area contributed by atoms with Gasteiger partial charge in [-0.25, -0.2) is 0 Å². The van der Waals surface area contributed by atoms with E-state index in [1.165, 1.54) is 12.0 Å². The minimum Gasteiger partial charge on any atom is -0.307 e. The van der Waals surface area contributed by atoms with E-state index in [-0.39, 0.29) is 0 Å². The molecule has 0 amide bonds. The molecule has 1 aromatic carbocycles. The molecule has 14 heavy (non-hydrogen) atoms. The smallest absolute Gasteiger partial charge is 0.0175 e. The van der Waals surface area contributed by atoms with Gasteiger partial charge in [-0.05, 0) is 51.6 Å². The van der Waals surface area contributed by atoms with Gasteiger partial charge in [-0.15, -0.1) is 0 Å². The van der Waals surface area contributed by atoms with Crippen LogP contribution in [-0.2, 0) is 6.42 Å². The molecule has 0 aromatic heterocycles. The van der Waals surface area contributed by atoms with Crippen molar-refractivity contribution in [3.8, 4) is 0 Å². The highest BCUT2D eigenvalue weighted by molar-refractivity contribution is 9.10. The van der Waals surface area contributed by atoms with Crippen LogP contribution in [0.1, 0.15) is 18.9 Å². The SMILES string of the molecule is CC(CCc1ccc(Br)cc1)N(C)C. The molecule has 0 fully saturated rings. The molecule has 1 rings (SSSR count). The molecule has 0 aliphatic heterocycles. The molecule has 1 aromatic rings. The van der Waals surface area contributed by atoms with E-state index in [9.17, 15) is 0 Å². The molecule has 0 aliphatic rings. The second-order valence-corrected chi connectivity index (χ2v) is 4.89. The number of hydrogen-bond donors (Lipinski definition) is 0. The number of nitrogens with zero attached hydrogens (tertiary/aromatic N) is 1. The van der Waals surface area contributed by atoms with E-state index in [2.05, 4.69) is 66.1 Å². The van der Waals surface area contributed by atoms with E-state index in [4.69, 9.17) is 0 Å². The minimum absolute atomic E-state index is 0.652. The Labute approximate surface area is 95.2 Å². The molecule has 0 bridgehead atoms. The van der Waals surface area contributed by atoms with Crippen molar-refractivity contribution in [3.63, 3.8) is 0 Å². The summed E-state index contributed by atoms with van der Waals surface area (Å²) in [7, 11) is 4.26. The van der Waals surface area contributed by atoms with Crippen LogP contribution >= 0.6 is 15.9 Å². The van der Waals surface area contributed by atoms with Gasteiger partial charge in [-0.3, -0.25) is 0 Å². The van der Waals surface area contributed by atoms with Gasteiger partial charge in [0.2, 0.25) is 0 Å². The first-order chi connectivity index (χ1) is 6.59. The molecule has 0 heterocycles. The molecule has 78 valence electrons. The van der Waals surface area contributed by atoms with Crippen LogP contribution in [-0.4, -0.2) is 25.0 Å². The van der Waals surface area contributed by atoms with Gasteiger partial charge in [0.15, 0.2) is 0 Å². The van der Waals surface area contributed by atoms with Crippen molar-refractivity contribution in [3.05, 3.63) is 34.3 Å². The van der Waals surface area contributed by atoms with E-state index in [0.717, 1.165) is 10.9 Å². The van der Waals surface area contributed by atoms with Gasteiger partial charge in [0.25, 0.3) is 0 Å². The second kappa shape index (κ2) is 5.52. The average Bonchev–Trinajstić information content (AvgIpc) is 2.16. The molecular formula is C12H18BrN. The highest BCUT2D eigenvalue weighted by Crippen LogP contribution is 2.13. The van der Waals surface area contributed by atoms with Gasteiger partial charge in [-0.2, -0.15) is 0 Å². The molecule has 0 saturated heterocycles. The number of hydrogen-bond acceptors (Lipinski definition) is 1. The topological polar surface area (TPSA) is 3.24 Å². The first kappa shape index (κ1) is 11.7. The predicted molar refractivity (Wildman–Crippen MR) is 65.6 cm³/mol. The third-order valence-electron chi connectivity index (χ3n) is 2.65. The summed E-state index contributed by atoms with van der Waals surface area (Å²) in [6.45, 7) is 2.26. The molecule has 2 heteroatoms. The lowest BCUT2D eigenvalue weighted by atomic mass is 10.1. The monoisotopic (exact) mass is 255 g/mol. The Morgan fingerprint density at radius 1 is 1.21 bits per heavy atom. The lowest BCUT2D eigenvalue weighted by Gasteiger charge is -2.19. The van der Waals surface area contributed by atoms with Crippen LogP contribution in [0.4, 0.5) is 0 Å². The molecule has 1 atom stereocenters. The Bertz CT molecular complexity index is 266. The van der Waals surface area contributed by atoms with Gasteiger partial charge in [0.05, 0.1) is 0 Å². The second-order valence-electron chi connectivity index (χ2n) is 3.98. The van der Waals surface area contributed by atoms with Crippen LogP contribution < -0.4 is 0 Å². The summed E-state index contributed by atoms with van der Waals surface area (Å²) in [6.07, 6.45) is 2.38. The molecule has 0 N–H and O–H groups in total. The fourth-order valence-corrected chi connectivity index (χ4v) is 1.55. The third-order valence-corrected chi connectivity index (χ3v) is 3.17. The molecular weight excluding hydrogens is 238 g/mol. The molecule has 1 unspecified atom stereocenters. The summed E-state index contributed by atoms with van der Waals surface area (Å²) < 4.78 is 1.15. The zero-order valence-electron chi connectivity index (χ0n) is 9.13. The molecule has 0 radical (unpaired) electrons. The highest BCUT2D eigenvalue weighted by atomic mass is 79.9. The van der Waals surface area contributed by atoms with Crippen LogP contribution in [0.2, 0.25) is 0 Å². The number of rotatable bonds is 4. The van der Waals surface area contributed by atoms with Gasteiger partial charge < -0.3 is 4.90 Å². The Kier molecular flexibility index (Phi) is 4.63. The van der Waals surface area contributed by atoms with Gasteiger partial charge in [0, 0.05) is 10.5 Å². The van der Waals surface area contributed by atoms with Gasteiger partial charge in [-0.1, -0.05) is 28.1 Å². The summed E-state index contributed by atoms with van der Waals surface area (Å²) in [6, 6.07) is 9.24. The third kappa shape index (κ3) is 3.81. The maximum absolute atomic E-state index is 3.44. The lowest BCUT2D eigenvalue weighted by molar-refractivity contribution is 0.299. The maximum Gasteiger partial charge on any atom is 0.0175 e. The molecule has 0 aliphatic carbocycles. The largest absolute Gasteiger partial charge is 0.307 e. The van der Waals surface area contributed by atoms with Crippen LogP contribution in [0.15, 0.2) is 28.7 Å². The molecule has 0 spiro atoms. The standard InChI is InChI=1S/C12H18BrN/c1-10(14(2)3)4-5-11-6-8-12(13)9-7-11/h6-10H,4-5H2,1-3H3. The predicted octanol–water partition coefficient (Wildman–Crippen LogP) is 3.33. The van der Waals surface area contributed by atoms with Crippen molar-refractivity contribution < 1.29 is 0 Å². The van der Waals surface area contributed by atoms with Crippen LogP contribution in [0.5, 0.6) is 0 Å². The van der Waals surface area contributed by atoms with E-state index in [1.807, 2.05) is 0 Å². The zero-order chi connectivity index (χ0) is 10.6. The summed E-state index contributed by atoms with van der Waals surface area (Å²) in [4.78, 5) is 2.26. The first-order valence-corrected chi connectivity index (χ1v) is 5.80. The normalized spacial score (nSPS) is 13.2. The van der Waals surface area contributed by atoms with Crippen LogP contribution in [0, 0.1) is 0 Å². The van der Waals surface area contributed by atoms with Crippen molar-refractivity contribution in [1.82, 2.24) is 4.90 Å². The Balaban J connectivity index is 2.42. The van der Waals surface area contributed by atoms with Crippen molar-refractivity contribution >= 4 is 15.9 Å². The summed E-state index contributed by atoms with van der Waals surface area (Å²) in [5, 5.41) is 0. The zero-order valence-corrected chi connectivity index (χ0v) is 10.7. The number of halogens is 1. The fraction of sp³-hybridized carbons (Fsp3) is 0.500.